The molecule has 0 spiro atoms. The summed E-state index contributed by atoms with van der Waals surface area (Å²) in [7, 11) is 0. The van der Waals surface area contributed by atoms with E-state index >= 15 is 0 Å². The Morgan fingerprint density at radius 1 is 1.25 bits per heavy atom. The zero-order chi connectivity index (χ0) is 8.97. The van der Waals surface area contributed by atoms with E-state index in [1.807, 2.05) is 13.8 Å². The molecule has 1 aliphatic heterocycles. The van der Waals surface area contributed by atoms with Gasteiger partial charge in [0.1, 0.15) is 0 Å². The van der Waals surface area contributed by atoms with E-state index < -0.39 is 0 Å². The minimum atomic E-state index is 0.302. The molecule has 2 rings (SSSR count). The molecule has 0 aliphatic carbocycles. The summed E-state index contributed by atoms with van der Waals surface area (Å²) in [6.45, 7) is 7.18. The lowest BCUT2D eigenvalue weighted by atomic mass is 9.64. The Bertz CT molecular complexity index is 247. The average molecular weight is 162 g/mol. The summed E-state index contributed by atoms with van der Waals surface area (Å²) in [5.41, 5.74) is 2.69. The van der Waals surface area contributed by atoms with Gasteiger partial charge in [-0.3, -0.25) is 0 Å². The molecule has 0 radical (unpaired) electrons. The molecule has 2 heteroatoms. The van der Waals surface area contributed by atoms with Crippen molar-refractivity contribution in [3.63, 3.8) is 0 Å². The van der Waals surface area contributed by atoms with Crippen molar-refractivity contribution < 1.29 is 4.65 Å². The van der Waals surface area contributed by atoms with E-state index in [-0.39, 0.29) is 0 Å². The van der Waals surface area contributed by atoms with Gasteiger partial charge in [0.25, 0.3) is 0 Å². The van der Waals surface area contributed by atoms with Crippen LogP contribution in [0.3, 0.4) is 0 Å². The first kappa shape index (κ1) is 9.33. The molecule has 0 amide bonds. The summed E-state index contributed by atoms with van der Waals surface area (Å²) in [6, 6.07) is 8.37. The van der Waals surface area contributed by atoms with Crippen LogP contribution < -0.4 is 5.46 Å². The van der Waals surface area contributed by atoms with E-state index in [1.54, 1.807) is 0 Å². The summed E-state index contributed by atoms with van der Waals surface area (Å²) in [5.74, 6) is 0. The first-order valence-corrected chi connectivity index (χ1v) is 4.57. The molecular formula is C10H15BO. The van der Waals surface area contributed by atoms with Crippen LogP contribution in [0.15, 0.2) is 24.3 Å². The molecule has 0 unspecified atom stereocenters. The van der Waals surface area contributed by atoms with Gasteiger partial charge in [0.2, 0.25) is 0 Å². The maximum Gasteiger partial charge on any atom is 0.324 e. The molecule has 0 N–H and O–H groups in total. The molecule has 1 aromatic carbocycles. The molecule has 0 fully saturated rings. The van der Waals surface area contributed by atoms with Gasteiger partial charge in [-0.05, 0) is 11.0 Å². The van der Waals surface area contributed by atoms with Crippen molar-refractivity contribution in [3.05, 3.63) is 29.8 Å². The van der Waals surface area contributed by atoms with E-state index in [2.05, 4.69) is 31.1 Å². The molecule has 0 bridgehead atoms. The van der Waals surface area contributed by atoms with Crippen LogP contribution in [-0.4, -0.2) is 6.92 Å². The minimum Gasteiger partial charge on any atom is -0.427 e. The van der Waals surface area contributed by atoms with Crippen LogP contribution in [0.4, 0.5) is 0 Å². The fourth-order valence-corrected chi connectivity index (χ4v) is 1.37. The van der Waals surface area contributed by atoms with Gasteiger partial charge in [-0.2, -0.15) is 0 Å². The van der Waals surface area contributed by atoms with Crippen LogP contribution in [0, 0.1) is 0 Å². The van der Waals surface area contributed by atoms with Gasteiger partial charge in [-0.15, -0.1) is 0 Å². The van der Waals surface area contributed by atoms with Crippen LogP contribution in [0.5, 0.6) is 0 Å². The maximum atomic E-state index is 5.42. The predicted molar refractivity (Wildman–Crippen MR) is 53.8 cm³/mol. The number of fused-ring (bicyclic) bond motifs is 1. The third-order valence-corrected chi connectivity index (χ3v) is 1.98. The Kier molecular flexibility index (Phi) is 3.36. The fraction of sp³-hybridized carbons (Fsp3) is 0.400. The van der Waals surface area contributed by atoms with Gasteiger partial charge >= 0.3 is 6.92 Å². The van der Waals surface area contributed by atoms with Gasteiger partial charge in [0.15, 0.2) is 0 Å². The second-order valence-corrected chi connectivity index (χ2v) is 2.65. The van der Waals surface area contributed by atoms with E-state index in [0.29, 0.717) is 6.92 Å². The molecule has 1 nitrogen and oxygen atoms in total. The van der Waals surface area contributed by atoms with Crippen molar-refractivity contribution in [2.75, 3.05) is 0 Å². The van der Waals surface area contributed by atoms with Crippen molar-refractivity contribution in [1.29, 1.82) is 0 Å². The van der Waals surface area contributed by atoms with Crippen LogP contribution in [0.1, 0.15) is 19.4 Å². The third-order valence-electron chi connectivity index (χ3n) is 1.98. The molecule has 12 heavy (non-hydrogen) atoms. The number of hydrogen-bond donors (Lipinski definition) is 0. The van der Waals surface area contributed by atoms with Crippen molar-refractivity contribution >= 4 is 12.4 Å². The first-order chi connectivity index (χ1) is 5.88. The highest BCUT2D eigenvalue weighted by Gasteiger charge is 2.21. The summed E-state index contributed by atoms with van der Waals surface area (Å²) < 4.78 is 5.42. The van der Waals surface area contributed by atoms with Crippen LogP contribution >= 0.6 is 0 Å². The Morgan fingerprint density at radius 3 is 2.58 bits per heavy atom. The lowest BCUT2D eigenvalue weighted by Gasteiger charge is -1.95. The van der Waals surface area contributed by atoms with Crippen LogP contribution in [-0.2, 0) is 11.3 Å². The molecule has 1 heterocycles. The normalized spacial score (nSPS) is 13.4. The summed E-state index contributed by atoms with van der Waals surface area (Å²) in [6.07, 6.45) is 0. The highest BCUT2D eigenvalue weighted by molar-refractivity contribution is 6.67. The van der Waals surface area contributed by atoms with E-state index in [1.165, 1.54) is 11.0 Å². The van der Waals surface area contributed by atoms with Crippen molar-refractivity contribution in [1.82, 2.24) is 0 Å². The molecule has 64 valence electrons. The second-order valence-electron chi connectivity index (χ2n) is 2.65. The Morgan fingerprint density at radius 2 is 1.92 bits per heavy atom. The lowest BCUT2D eigenvalue weighted by molar-refractivity contribution is 0.333. The average Bonchev–Trinajstić information content (AvgIpc) is 2.53. The topological polar surface area (TPSA) is 9.23 Å². The Labute approximate surface area is 74.9 Å². The van der Waals surface area contributed by atoms with Gasteiger partial charge < -0.3 is 4.65 Å². The van der Waals surface area contributed by atoms with Crippen molar-refractivity contribution in [2.24, 2.45) is 0 Å². The lowest BCUT2D eigenvalue weighted by Crippen LogP contribution is -2.23. The summed E-state index contributed by atoms with van der Waals surface area (Å²) >= 11 is 0. The number of hydrogen-bond acceptors (Lipinski definition) is 1. The minimum absolute atomic E-state index is 0.302. The fourth-order valence-electron chi connectivity index (χ4n) is 1.37. The molecular weight excluding hydrogens is 147 g/mol. The molecule has 0 saturated heterocycles. The molecule has 0 saturated carbocycles. The van der Waals surface area contributed by atoms with Gasteiger partial charge in [0, 0.05) is 0 Å². The summed E-state index contributed by atoms with van der Waals surface area (Å²) in [4.78, 5) is 0. The largest absolute Gasteiger partial charge is 0.427 e. The number of rotatable bonds is 0. The van der Waals surface area contributed by atoms with E-state index in [9.17, 15) is 0 Å². The van der Waals surface area contributed by atoms with E-state index in [4.69, 9.17) is 4.65 Å². The smallest absolute Gasteiger partial charge is 0.324 e. The van der Waals surface area contributed by atoms with Gasteiger partial charge in [-0.1, -0.05) is 44.9 Å². The van der Waals surface area contributed by atoms with Crippen molar-refractivity contribution in [2.45, 2.75) is 27.3 Å². The SMILES string of the molecule is CB1OCc2ccccc21.CC. The summed E-state index contributed by atoms with van der Waals surface area (Å²) in [5, 5.41) is 0. The standard InChI is InChI=1S/C8H9BO.C2H6/c1-9-8-5-3-2-4-7(8)6-10-9;1-2/h2-5H,6H2,1H3;1-2H3. The first-order valence-electron chi connectivity index (χ1n) is 4.57. The zero-order valence-electron chi connectivity index (χ0n) is 8.00. The zero-order valence-corrected chi connectivity index (χ0v) is 8.00. The highest BCUT2D eigenvalue weighted by atomic mass is 16.4. The molecule has 0 aromatic heterocycles. The Balaban J connectivity index is 0.000000336. The predicted octanol–water partition coefficient (Wildman–Crippen LogP) is 2.07. The van der Waals surface area contributed by atoms with Gasteiger partial charge in [-0.25, -0.2) is 0 Å². The van der Waals surface area contributed by atoms with Gasteiger partial charge in [0.05, 0.1) is 6.61 Å². The quantitative estimate of drug-likeness (QED) is 0.530. The van der Waals surface area contributed by atoms with Crippen LogP contribution in [0.25, 0.3) is 0 Å². The molecule has 1 aromatic rings. The number of benzene rings is 1. The van der Waals surface area contributed by atoms with Crippen molar-refractivity contribution in [3.8, 4) is 0 Å². The maximum absolute atomic E-state index is 5.42. The third kappa shape index (κ3) is 1.70. The Hall–Kier alpha value is -0.755. The molecule has 0 atom stereocenters. The second kappa shape index (κ2) is 4.32. The molecule has 1 aliphatic rings. The monoisotopic (exact) mass is 162 g/mol. The van der Waals surface area contributed by atoms with Crippen LogP contribution in [0.2, 0.25) is 6.82 Å². The highest BCUT2D eigenvalue weighted by Crippen LogP contribution is 2.08. The van der Waals surface area contributed by atoms with E-state index in [0.717, 1.165) is 6.61 Å².